The van der Waals surface area contributed by atoms with Crippen molar-refractivity contribution in [3.05, 3.63) is 126 Å². The number of benzene rings is 2. The molecule has 0 saturated heterocycles. The van der Waals surface area contributed by atoms with Gasteiger partial charge < -0.3 is 14.3 Å². The topological polar surface area (TPSA) is 92.9 Å². The number of rotatable bonds is 7. The normalized spacial score (nSPS) is 15.6. The second-order valence-electron chi connectivity index (χ2n) is 7.70. The van der Waals surface area contributed by atoms with Gasteiger partial charge >= 0.3 is 0 Å². The molecule has 0 spiro atoms. The Kier molecular flexibility index (Phi) is 5.66. The summed E-state index contributed by atoms with van der Waals surface area (Å²) in [7, 11) is 0. The summed E-state index contributed by atoms with van der Waals surface area (Å²) in [6, 6.07) is 22.4. The first-order chi connectivity index (χ1) is 16.6. The second kappa shape index (κ2) is 9.07. The van der Waals surface area contributed by atoms with E-state index in [9.17, 15) is 14.7 Å². The lowest BCUT2D eigenvalue weighted by atomic mass is 9.96. The van der Waals surface area contributed by atoms with E-state index in [1.165, 1.54) is 17.2 Å². The van der Waals surface area contributed by atoms with Crippen molar-refractivity contribution in [2.24, 2.45) is 0 Å². The predicted molar refractivity (Wildman–Crippen MR) is 124 cm³/mol. The number of aromatic nitrogens is 1. The Labute approximate surface area is 195 Å². The third-order valence-corrected chi connectivity index (χ3v) is 5.56. The number of Topliss-reactive ketones (excluding diaryl/α,β-unsaturated/α-hetero) is 1. The van der Waals surface area contributed by atoms with Gasteiger partial charge in [-0.25, -0.2) is 0 Å². The molecular formula is C27H20N2O5. The standard InChI is InChI=1S/C27H20N2O5/c30-25(22-9-5-15-33-22)23-24(19-8-4-14-28-16-19)29(27(32)26(23)31)20-10-12-21(13-11-20)34-17-18-6-2-1-3-7-18/h1-16,24,31H,17H2. The van der Waals surface area contributed by atoms with Crippen LogP contribution in [0.25, 0.3) is 0 Å². The molecule has 1 unspecified atom stereocenters. The van der Waals surface area contributed by atoms with Crippen molar-refractivity contribution >= 4 is 17.4 Å². The zero-order valence-corrected chi connectivity index (χ0v) is 18.0. The quantitative estimate of drug-likeness (QED) is 0.395. The molecule has 1 N–H and O–H groups in total. The lowest BCUT2D eigenvalue weighted by molar-refractivity contribution is -0.117. The molecule has 0 saturated carbocycles. The number of ether oxygens (including phenoxy) is 1. The van der Waals surface area contributed by atoms with Crippen LogP contribution >= 0.6 is 0 Å². The Morgan fingerprint density at radius 2 is 1.79 bits per heavy atom. The van der Waals surface area contributed by atoms with Crippen LogP contribution in [0.4, 0.5) is 5.69 Å². The molecule has 168 valence electrons. The van der Waals surface area contributed by atoms with E-state index in [0.29, 0.717) is 23.6 Å². The number of aliphatic hydroxyl groups is 1. The van der Waals surface area contributed by atoms with Gasteiger partial charge in [-0.15, -0.1) is 0 Å². The highest BCUT2D eigenvalue weighted by molar-refractivity contribution is 6.20. The first-order valence-electron chi connectivity index (χ1n) is 10.6. The van der Waals surface area contributed by atoms with E-state index < -0.39 is 23.5 Å². The van der Waals surface area contributed by atoms with Gasteiger partial charge in [0.2, 0.25) is 5.78 Å². The Bertz CT molecular complexity index is 1330. The average Bonchev–Trinajstić information content (AvgIpc) is 3.51. The molecule has 4 aromatic rings. The molecule has 3 heterocycles. The maximum atomic E-state index is 13.2. The second-order valence-corrected chi connectivity index (χ2v) is 7.70. The summed E-state index contributed by atoms with van der Waals surface area (Å²) in [5.41, 5.74) is 2.06. The Balaban J connectivity index is 1.46. The first-order valence-corrected chi connectivity index (χ1v) is 10.6. The summed E-state index contributed by atoms with van der Waals surface area (Å²) in [5, 5.41) is 10.7. The minimum atomic E-state index is -0.866. The number of hydrogen-bond donors (Lipinski definition) is 1. The van der Waals surface area contributed by atoms with Crippen molar-refractivity contribution in [2.45, 2.75) is 12.6 Å². The summed E-state index contributed by atoms with van der Waals surface area (Å²) in [6.45, 7) is 0.408. The van der Waals surface area contributed by atoms with Crippen LogP contribution in [0.5, 0.6) is 5.75 Å². The first kappa shape index (κ1) is 21.2. The van der Waals surface area contributed by atoms with Crippen molar-refractivity contribution in [3.8, 4) is 5.75 Å². The molecule has 0 bridgehead atoms. The van der Waals surface area contributed by atoms with Crippen LogP contribution in [-0.4, -0.2) is 21.8 Å². The molecule has 5 rings (SSSR count). The minimum Gasteiger partial charge on any atom is -0.503 e. The maximum absolute atomic E-state index is 13.2. The number of aliphatic hydroxyl groups excluding tert-OH is 1. The van der Waals surface area contributed by atoms with Gasteiger partial charge in [0.15, 0.2) is 11.5 Å². The van der Waals surface area contributed by atoms with E-state index in [1.54, 1.807) is 54.9 Å². The van der Waals surface area contributed by atoms with Crippen LogP contribution in [0.2, 0.25) is 0 Å². The van der Waals surface area contributed by atoms with Gasteiger partial charge in [-0.2, -0.15) is 0 Å². The van der Waals surface area contributed by atoms with Gasteiger partial charge in [-0.1, -0.05) is 36.4 Å². The highest BCUT2D eigenvalue weighted by atomic mass is 16.5. The average molecular weight is 452 g/mol. The van der Waals surface area contributed by atoms with Gasteiger partial charge in [0, 0.05) is 18.1 Å². The number of hydrogen-bond acceptors (Lipinski definition) is 6. The summed E-state index contributed by atoms with van der Waals surface area (Å²) in [4.78, 5) is 31.8. The molecule has 1 atom stereocenters. The molecule has 7 nitrogen and oxygen atoms in total. The maximum Gasteiger partial charge on any atom is 0.294 e. The van der Waals surface area contributed by atoms with Crippen LogP contribution < -0.4 is 9.64 Å². The lowest BCUT2D eigenvalue weighted by Gasteiger charge is -2.26. The van der Waals surface area contributed by atoms with Crippen molar-refractivity contribution in [2.75, 3.05) is 4.90 Å². The van der Waals surface area contributed by atoms with Gasteiger partial charge in [-0.3, -0.25) is 19.5 Å². The molecule has 1 aliphatic rings. The van der Waals surface area contributed by atoms with Crippen molar-refractivity contribution in [1.29, 1.82) is 0 Å². The summed E-state index contributed by atoms with van der Waals surface area (Å²) in [6.07, 6.45) is 4.53. The summed E-state index contributed by atoms with van der Waals surface area (Å²) < 4.78 is 11.1. The molecule has 34 heavy (non-hydrogen) atoms. The fraction of sp³-hybridized carbons (Fsp3) is 0.0741. The fourth-order valence-electron chi connectivity index (χ4n) is 3.94. The van der Waals surface area contributed by atoms with Crippen molar-refractivity contribution in [1.82, 2.24) is 4.98 Å². The Morgan fingerprint density at radius 1 is 1.00 bits per heavy atom. The summed E-state index contributed by atoms with van der Waals surface area (Å²) in [5.74, 6) is -1.19. The van der Waals surface area contributed by atoms with Crippen molar-refractivity contribution in [3.63, 3.8) is 0 Å². The van der Waals surface area contributed by atoms with Gasteiger partial charge in [0.25, 0.3) is 5.91 Å². The van der Waals surface area contributed by atoms with Crippen LogP contribution in [0.3, 0.4) is 0 Å². The molecule has 2 aromatic carbocycles. The third-order valence-electron chi connectivity index (χ3n) is 5.56. The summed E-state index contributed by atoms with van der Waals surface area (Å²) >= 11 is 0. The van der Waals surface area contributed by atoms with E-state index in [1.807, 2.05) is 30.3 Å². The van der Waals surface area contributed by atoms with Gasteiger partial charge in [0.05, 0.1) is 17.9 Å². The van der Waals surface area contributed by atoms with E-state index in [0.717, 1.165) is 5.56 Å². The number of carbonyl (C=O) groups is 2. The van der Waals surface area contributed by atoms with Crippen LogP contribution in [-0.2, 0) is 11.4 Å². The smallest absolute Gasteiger partial charge is 0.294 e. The molecule has 0 fully saturated rings. The zero-order valence-electron chi connectivity index (χ0n) is 18.0. The van der Waals surface area contributed by atoms with E-state index in [4.69, 9.17) is 9.15 Å². The number of carbonyl (C=O) groups excluding carboxylic acids is 2. The monoisotopic (exact) mass is 452 g/mol. The van der Waals surface area contributed by atoms with E-state index >= 15 is 0 Å². The number of pyridine rings is 1. The number of anilines is 1. The lowest BCUT2D eigenvalue weighted by Crippen LogP contribution is -2.31. The number of nitrogens with zero attached hydrogens (tertiary/aromatic N) is 2. The van der Waals surface area contributed by atoms with Gasteiger partial charge in [0.1, 0.15) is 12.4 Å². The van der Waals surface area contributed by atoms with Crippen molar-refractivity contribution < 1.29 is 23.8 Å². The molecule has 2 aromatic heterocycles. The van der Waals surface area contributed by atoms with E-state index in [-0.39, 0.29) is 11.3 Å². The van der Waals surface area contributed by atoms with E-state index in [2.05, 4.69) is 4.98 Å². The zero-order chi connectivity index (χ0) is 23.5. The van der Waals surface area contributed by atoms with Crippen LogP contribution in [0.1, 0.15) is 27.7 Å². The third kappa shape index (κ3) is 3.95. The SMILES string of the molecule is O=C(C1=C(O)C(=O)N(c2ccc(OCc3ccccc3)cc2)C1c1cccnc1)c1ccco1. The molecule has 1 amide bonds. The highest BCUT2D eigenvalue weighted by Crippen LogP contribution is 2.42. The largest absolute Gasteiger partial charge is 0.503 e. The molecule has 0 radical (unpaired) electrons. The number of ketones is 1. The molecule has 0 aliphatic carbocycles. The fourth-order valence-corrected chi connectivity index (χ4v) is 3.94. The molecule has 7 heteroatoms. The number of amides is 1. The number of furan rings is 1. The molecular weight excluding hydrogens is 432 g/mol. The van der Waals surface area contributed by atoms with Crippen LogP contribution in [0.15, 0.2) is 113 Å². The minimum absolute atomic E-state index is 0.0368. The highest BCUT2D eigenvalue weighted by Gasteiger charge is 2.45. The Morgan fingerprint density at radius 3 is 2.47 bits per heavy atom. The van der Waals surface area contributed by atoms with Gasteiger partial charge in [-0.05, 0) is 53.6 Å². The van der Waals surface area contributed by atoms with Crippen LogP contribution in [0, 0.1) is 0 Å². The molecule has 1 aliphatic heterocycles. The Hall–Kier alpha value is -4.65. The predicted octanol–water partition coefficient (Wildman–Crippen LogP) is 5.04.